The van der Waals surface area contributed by atoms with Gasteiger partial charge in [0.25, 0.3) is 0 Å². The normalized spacial score (nSPS) is 14.0. The first-order valence-electron chi connectivity index (χ1n) is 4.95. The standard InChI is InChI=1S/C9H19O4P/c1-5-8(4)9(10)14(11,12-6-2)13-7-3/h8H,5-7H2,1-4H3. The molecular weight excluding hydrogens is 203 g/mol. The molecule has 0 bridgehead atoms. The van der Waals surface area contributed by atoms with E-state index >= 15 is 0 Å². The van der Waals surface area contributed by atoms with Gasteiger partial charge in [0.05, 0.1) is 13.2 Å². The van der Waals surface area contributed by atoms with Gasteiger partial charge in [0.1, 0.15) is 0 Å². The Bertz CT molecular complexity index is 217. The van der Waals surface area contributed by atoms with Crippen LogP contribution in [0.5, 0.6) is 0 Å². The quantitative estimate of drug-likeness (QED) is 0.621. The molecule has 0 radical (unpaired) electrons. The Labute approximate surface area is 85.5 Å². The Hall–Kier alpha value is -0.180. The molecular formula is C9H19O4P. The third-order valence-electron chi connectivity index (χ3n) is 1.90. The lowest BCUT2D eigenvalue weighted by molar-refractivity contribution is -0.117. The van der Waals surface area contributed by atoms with Gasteiger partial charge >= 0.3 is 7.60 Å². The van der Waals surface area contributed by atoms with Crippen LogP contribution < -0.4 is 0 Å². The molecule has 4 nitrogen and oxygen atoms in total. The summed E-state index contributed by atoms with van der Waals surface area (Å²) in [5, 5.41) is 0. The molecule has 0 spiro atoms. The van der Waals surface area contributed by atoms with Crippen LogP contribution >= 0.6 is 7.60 Å². The molecule has 0 aromatic heterocycles. The fourth-order valence-corrected chi connectivity index (χ4v) is 2.68. The molecule has 0 aliphatic heterocycles. The molecule has 0 rings (SSSR count). The molecule has 14 heavy (non-hydrogen) atoms. The second kappa shape index (κ2) is 6.33. The van der Waals surface area contributed by atoms with Crippen LogP contribution in [0.15, 0.2) is 0 Å². The van der Waals surface area contributed by atoms with Crippen molar-refractivity contribution in [1.29, 1.82) is 0 Å². The number of carbonyl (C=O) groups is 1. The van der Waals surface area contributed by atoms with Gasteiger partial charge < -0.3 is 9.05 Å². The first kappa shape index (κ1) is 13.8. The van der Waals surface area contributed by atoms with Gasteiger partial charge in [-0.25, -0.2) is 0 Å². The van der Waals surface area contributed by atoms with Crippen molar-refractivity contribution in [3.8, 4) is 0 Å². The first-order chi connectivity index (χ1) is 6.51. The van der Waals surface area contributed by atoms with Gasteiger partial charge in [0.2, 0.25) is 5.52 Å². The average Bonchev–Trinajstić information content (AvgIpc) is 2.16. The maximum absolute atomic E-state index is 11.9. The summed E-state index contributed by atoms with van der Waals surface area (Å²) in [6.45, 7) is 7.42. The highest BCUT2D eigenvalue weighted by atomic mass is 31.2. The largest absolute Gasteiger partial charge is 0.396 e. The van der Waals surface area contributed by atoms with Gasteiger partial charge in [0, 0.05) is 5.92 Å². The fraction of sp³-hybridized carbons (Fsp3) is 0.889. The van der Waals surface area contributed by atoms with Crippen molar-refractivity contribution in [2.75, 3.05) is 13.2 Å². The van der Waals surface area contributed by atoms with Crippen LogP contribution in [0.1, 0.15) is 34.1 Å². The van der Waals surface area contributed by atoms with Crippen LogP contribution in [0.2, 0.25) is 0 Å². The van der Waals surface area contributed by atoms with Crippen molar-refractivity contribution >= 4 is 13.1 Å². The molecule has 1 atom stereocenters. The van der Waals surface area contributed by atoms with Crippen molar-refractivity contribution in [3.05, 3.63) is 0 Å². The predicted molar refractivity (Wildman–Crippen MR) is 55.3 cm³/mol. The van der Waals surface area contributed by atoms with Crippen LogP contribution in [0.25, 0.3) is 0 Å². The minimum absolute atomic E-state index is 0.222. The van der Waals surface area contributed by atoms with Crippen molar-refractivity contribution < 1.29 is 18.4 Å². The predicted octanol–water partition coefficient (Wildman–Crippen LogP) is 2.83. The zero-order valence-electron chi connectivity index (χ0n) is 9.28. The lowest BCUT2D eigenvalue weighted by Crippen LogP contribution is -2.14. The van der Waals surface area contributed by atoms with Crippen molar-refractivity contribution in [3.63, 3.8) is 0 Å². The molecule has 0 aliphatic carbocycles. The lowest BCUT2D eigenvalue weighted by atomic mass is 10.1. The number of rotatable bonds is 7. The summed E-state index contributed by atoms with van der Waals surface area (Å²) in [6, 6.07) is 0. The Morgan fingerprint density at radius 3 is 1.93 bits per heavy atom. The minimum Gasteiger partial charge on any atom is -0.303 e. The molecule has 0 aliphatic rings. The third kappa shape index (κ3) is 3.52. The SMILES string of the molecule is CCOP(=O)(OCC)C(=O)C(C)CC. The number of hydrogen-bond acceptors (Lipinski definition) is 4. The van der Waals surface area contributed by atoms with E-state index in [2.05, 4.69) is 0 Å². The van der Waals surface area contributed by atoms with Gasteiger partial charge in [-0.3, -0.25) is 9.36 Å². The summed E-state index contributed by atoms with van der Waals surface area (Å²) >= 11 is 0. The Balaban J connectivity index is 4.64. The van der Waals surface area contributed by atoms with E-state index in [1.807, 2.05) is 6.92 Å². The summed E-state index contributed by atoms with van der Waals surface area (Å²) in [7, 11) is -3.52. The molecule has 0 aromatic carbocycles. The van der Waals surface area contributed by atoms with E-state index in [0.717, 1.165) is 0 Å². The van der Waals surface area contributed by atoms with Crippen LogP contribution in [-0.2, 0) is 18.4 Å². The van der Waals surface area contributed by atoms with Crippen LogP contribution in [-0.4, -0.2) is 18.7 Å². The summed E-state index contributed by atoms with van der Waals surface area (Å²) in [6.07, 6.45) is 0.642. The molecule has 0 fully saturated rings. The fourth-order valence-electron chi connectivity index (χ4n) is 0.949. The van der Waals surface area contributed by atoms with Crippen molar-refractivity contribution in [2.24, 2.45) is 5.92 Å². The van der Waals surface area contributed by atoms with Crippen LogP contribution in [0.4, 0.5) is 0 Å². The topological polar surface area (TPSA) is 52.6 Å². The molecule has 84 valence electrons. The van der Waals surface area contributed by atoms with E-state index in [4.69, 9.17) is 9.05 Å². The summed E-state index contributed by atoms with van der Waals surface area (Å²) in [5.41, 5.74) is -0.413. The zero-order valence-corrected chi connectivity index (χ0v) is 10.2. The molecule has 1 unspecified atom stereocenters. The van der Waals surface area contributed by atoms with E-state index in [9.17, 15) is 9.36 Å². The Morgan fingerprint density at radius 2 is 1.64 bits per heavy atom. The second-order valence-electron chi connectivity index (χ2n) is 2.98. The summed E-state index contributed by atoms with van der Waals surface area (Å²) in [4.78, 5) is 11.7. The maximum atomic E-state index is 11.9. The van der Waals surface area contributed by atoms with E-state index in [1.165, 1.54) is 0 Å². The molecule has 0 aromatic rings. The van der Waals surface area contributed by atoms with E-state index in [-0.39, 0.29) is 19.1 Å². The zero-order chi connectivity index (χ0) is 11.2. The van der Waals surface area contributed by atoms with Gasteiger partial charge in [-0.15, -0.1) is 0 Å². The second-order valence-corrected chi connectivity index (χ2v) is 4.93. The average molecular weight is 222 g/mol. The minimum atomic E-state index is -3.52. The highest BCUT2D eigenvalue weighted by molar-refractivity contribution is 7.71. The monoisotopic (exact) mass is 222 g/mol. The van der Waals surface area contributed by atoms with Crippen molar-refractivity contribution in [1.82, 2.24) is 0 Å². The van der Waals surface area contributed by atoms with Crippen LogP contribution in [0.3, 0.4) is 0 Å². The molecule has 0 saturated heterocycles. The Morgan fingerprint density at radius 1 is 1.21 bits per heavy atom. The lowest BCUT2D eigenvalue weighted by Gasteiger charge is -2.18. The van der Waals surface area contributed by atoms with Crippen LogP contribution in [0, 0.1) is 5.92 Å². The van der Waals surface area contributed by atoms with E-state index < -0.39 is 13.1 Å². The highest BCUT2D eigenvalue weighted by Gasteiger charge is 2.36. The van der Waals surface area contributed by atoms with E-state index in [1.54, 1.807) is 20.8 Å². The molecule has 0 saturated carbocycles. The molecule has 0 amide bonds. The summed E-state index contributed by atoms with van der Waals surface area (Å²) in [5.74, 6) is -0.279. The van der Waals surface area contributed by atoms with Gasteiger partial charge in [0.15, 0.2) is 0 Å². The highest BCUT2D eigenvalue weighted by Crippen LogP contribution is 2.51. The molecule has 0 N–H and O–H groups in total. The van der Waals surface area contributed by atoms with Crippen molar-refractivity contribution in [2.45, 2.75) is 34.1 Å². The Kier molecular flexibility index (Phi) is 6.25. The number of hydrogen-bond donors (Lipinski definition) is 0. The molecule has 0 heterocycles. The smallest absolute Gasteiger partial charge is 0.303 e. The summed E-state index contributed by atoms with van der Waals surface area (Å²) < 4.78 is 21.8. The molecule has 5 heteroatoms. The number of carbonyl (C=O) groups excluding carboxylic acids is 1. The van der Waals surface area contributed by atoms with E-state index in [0.29, 0.717) is 6.42 Å². The maximum Gasteiger partial charge on any atom is 0.396 e. The van der Waals surface area contributed by atoms with Gasteiger partial charge in [-0.05, 0) is 20.3 Å². The van der Waals surface area contributed by atoms with Gasteiger partial charge in [-0.1, -0.05) is 13.8 Å². The third-order valence-corrected chi connectivity index (χ3v) is 4.08. The first-order valence-corrected chi connectivity index (χ1v) is 6.49. The van der Waals surface area contributed by atoms with Gasteiger partial charge in [-0.2, -0.15) is 0 Å².